The van der Waals surface area contributed by atoms with Gasteiger partial charge >= 0.3 is 29.6 Å². The maximum Gasteiger partial charge on any atom is 1.00 e. The molecule has 0 aliphatic heterocycles. The molecule has 0 aromatic rings. The Morgan fingerprint density at radius 2 is 1.15 bits per heavy atom. The van der Waals surface area contributed by atoms with Gasteiger partial charge in [-0.25, -0.2) is 39.2 Å². The Morgan fingerprint density at radius 3 is 1.45 bits per heavy atom. The minimum absolute atomic E-state index is 0. The molecule has 0 heterocycles. The topological polar surface area (TPSA) is 57.2 Å². The minimum Gasteiger partial charge on any atom is -0.748 e. The largest absolute Gasteiger partial charge is 1.00 e. The van der Waals surface area contributed by atoms with E-state index in [1.165, 1.54) is 0 Å². The van der Waals surface area contributed by atoms with Crippen LogP contribution in [0.2, 0.25) is 0 Å². The molecule has 12 heteroatoms. The van der Waals surface area contributed by atoms with E-state index in [0.717, 1.165) is 0 Å². The zero-order valence-electron chi connectivity index (χ0n) is 10.2. The van der Waals surface area contributed by atoms with E-state index in [2.05, 4.69) is 0 Å². The maximum atomic E-state index is 12.9. The van der Waals surface area contributed by atoms with Gasteiger partial charge in [-0.3, -0.25) is 0 Å². The van der Waals surface area contributed by atoms with E-state index in [9.17, 15) is 43.7 Å². The number of halogens is 7. The summed E-state index contributed by atoms with van der Waals surface area (Å²) in [5, 5.41) is 0. The molecule has 6 atom stereocenters. The van der Waals surface area contributed by atoms with Gasteiger partial charge in [0.25, 0.3) is 0 Å². The Bertz CT molecular complexity index is 371. The van der Waals surface area contributed by atoms with E-state index in [1.54, 1.807) is 0 Å². The Labute approximate surface area is 132 Å². The molecule has 0 aliphatic rings. The van der Waals surface area contributed by atoms with Crippen molar-refractivity contribution < 1.29 is 73.3 Å². The molecule has 0 bridgehead atoms. The molecule has 0 saturated heterocycles. The smallest absolute Gasteiger partial charge is 0.748 e. The molecule has 0 aromatic carbocycles. The third kappa shape index (κ3) is 7.43. The molecule has 0 fully saturated rings. The molecule has 6 unspecified atom stereocenters. The molecule has 0 saturated carbocycles. The average molecular weight is 342 g/mol. The van der Waals surface area contributed by atoms with Gasteiger partial charge in [0.2, 0.25) is 0 Å². The third-order valence-electron chi connectivity index (χ3n) is 2.11. The Hall–Kier alpha value is 0.420. The van der Waals surface area contributed by atoms with E-state index in [4.69, 9.17) is 0 Å². The number of alkyl halides is 7. The van der Waals surface area contributed by atoms with Crippen molar-refractivity contribution in [3.05, 3.63) is 0 Å². The van der Waals surface area contributed by atoms with Crippen molar-refractivity contribution in [2.24, 2.45) is 0 Å². The van der Waals surface area contributed by atoms with Gasteiger partial charge < -0.3 is 4.55 Å². The van der Waals surface area contributed by atoms with Crippen LogP contribution in [0.3, 0.4) is 0 Å². The van der Waals surface area contributed by atoms with Crippen molar-refractivity contribution in [3.8, 4) is 0 Å². The molecular weight excluding hydrogens is 332 g/mol. The first-order valence-corrected chi connectivity index (χ1v) is 6.43. The van der Waals surface area contributed by atoms with Crippen molar-refractivity contribution in [1.29, 1.82) is 0 Å². The summed E-state index contributed by atoms with van der Waals surface area (Å²) >= 11 is 0. The van der Waals surface area contributed by atoms with Crippen LogP contribution in [0.15, 0.2) is 0 Å². The summed E-state index contributed by atoms with van der Waals surface area (Å²) in [4.78, 5) is 0. The molecule has 3 nitrogen and oxygen atoms in total. The van der Waals surface area contributed by atoms with Crippen molar-refractivity contribution >= 4 is 10.1 Å². The standard InChI is InChI=1S/C8H11F7O3S.Na/c9-1-3(10)5(12)7(14)8(15)6(13)4(11)2-19(16,17)18;/h3-8H,1-2H2,(H,16,17,18);/q;+1/p-1. The number of rotatable bonds is 8. The zero-order chi connectivity index (χ0) is 15.4. The molecule has 20 heavy (non-hydrogen) atoms. The Kier molecular flexibility index (Phi) is 10.7. The van der Waals surface area contributed by atoms with Crippen LogP contribution in [-0.2, 0) is 10.1 Å². The first kappa shape index (κ1) is 22.7. The van der Waals surface area contributed by atoms with Crippen molar-refractivity contribution in [2.75, 3.05) is 12.4 Å². The summed E-state index contributed by atoms with van der Waals surface area (Å²) in [6, 6.07) is 0. The molecule has 0 aliphatic carbocycles. The summed E-state index contributed by atoms with van der Waals surface area (Å²) in [6.45, 7) is -2.00. The summed E-state index contributed by atoms with van der Waals surface area (Å²) < 4.78 is 118. The van der Waals surface area contributed by atoms with Crippen LogP contribution in [0, 0.1) is 0 Å². The second-order valence-corrected chi connectivity index (χ2v) is 5.14. The first-order valence-electron chi connectivity index (χ1n) is 4.85. The first-order chi connectivity index (χ1) is 8.51. The van der Waals surface area contributed by atoms with Gasteiger partial charge in [-0.1, -0.05) is 0 Å². The van der Waals surface area contributed by atoms with Crippen LogP contribution in [0.4, 0.5) is 30.7 Å². The fraction of sp³-hybridized carbons (Fsp3) is 1.00. The molecule has 0 radical (unpaired) electrons. The van der Waals surface area contributed by atoms with E-state index >= 15 is 0 Å². The van der Waals surface area contributed by atoms with Crippen LogP contribution in [0.25, 0.3) is 0 Å². The van der Waals surface area contributed by atoms with Gasteiger partial charge in [-0.15, -0.1) is 0 Å². The van der Waals surface area contributed by atoms with Gasteiger partial charge in [0, 0.05) is 0 Å². The van der Waals surface area contributed by atoms with Gasteiger partial charge in [0.05, 0.1) is 15.9 Å². The zero-order valence-corrected chi connectivity index (χ0v) is 13.0. The van der Waals surface area contributed by atoms with Crippen molar-refractivity contribution in [2.45, 2.75) is 37.0 Å². The van der Waals surface area contributed by atoms with E-state index in [1.807, 2.05) is 0 Å². The van der Waals surface area contributed by atoms with E-state index in [0.29, 0.717) is 0 Å². The monoisotopic (exact) mass is 342 g/mol. The van der Waals surface area contributed by atoms with Crippen molar-refractivity contribution in [1.82, 2.24) is 0 Å². The van der Waals surface area contributed by atoms with E-state index in [-0.39, 0.29) is 29.6 Å². The Morgan fingerprint density at radius 1 is 0.800 bits per heavy atom. The van der Waals surface area contributed by atoms with Gasteiger partial charge in [-0.05, 0) is 0 Å². The summed E-state index contributed by atoms with van der Waals surface area (Å²) in [7, 11) is -5.25. The normalized spacial score (nSPS) is 21.2. The maximum absolute atomic E-state index is 12.9. The van der Waals surface area contributed by atoms with Gasteiger partial charge in [-0.2, -0.15) is 0 Å². The van der Waals surface area contributed by atoms with Crippen LogP contribution >= 0.6 is 0 Å². The SMILES string of the molecule is O=S(=O)([O-])CC(F)C(F)C(F)C(F)C(F)C(F)CF.[Na+]. The minimum atomic E-state index is -5.25. The molecule has 0 rings (SSSR count). The van der Waals surface area contributed by atoms with Crippen LogP contribution < -0.4 is 29.6 Å². The second-order valence-electron chi connectivity index (χ2n) is 3.69. The summed E-state index contributed by atoms with van der Waals surface area (Å²) in [5.74, 6) is -1.99. The van der Waals surface area contributed by atoms with Crippen LogP contribution in [-0.4, -0.2) is 62.4 Å². The molecule has 0 N–H and O–H groups in total. The fourth-order valence-corrected chi connectivity index (χ4v) is 1.70. The predicted molar refractivity (Wildman–Crippen MR) is 49.9 cm³/mol. The van der Waals surface area contributed by atoms with Crippen molar-refractivity contribution in [3.63, 3.8) is 0 Å². The molecule has 0 amide bonds. The van der Waals surface area contributed by atoms with Gasteiger partial charge in [0.1, 0.15) is 12.8 Å². The average Bonchev–Trinajstić information content (AvgIpc) is 2.31. The Balaban J connectivity index is 0. The summed E-state index contributed by atoms with van der Waals surface area (Å²) in [6.07, 6.45) is -20.3. The number of hydrogen-bond acceptors (Lipinski definition) is 3. The molecule has 116 valence electrons. The summed E-state index contributed by atoms with van der Waals surface area (Å²) in [5.41, 5.74) is 0. The van der Waals surface area contributed by atoms with E-state index < -0.39 is 59.6 Å². The fourth-order valence-electron chi connectivity index (χ4n) is 1.12. The molecule has 0 aromatic heterocycles. The van der Waals surface area contributed by atoms with Crippen LogP contribution in [0.1, 0.15) is 0 Å². The second kappa shape index (κ2) is 9.44. The quantitative estimate of drug-likeness (QED) is 0.308. The molecular formula is C8H10F7NaO3S. The number of hydrogen-bond donors (Lipinski definition) is 0. The van der Waals surface area contributed by atoms with Gasteiger partial charge in [0.15, 0.2) is 30.9 Å². The molecule has 0 spiro atoms. The third-order valence-corrected chi connectivity index (χ3v) is 2.84. The van der Waals surface area contributed by atoms with Crippen LogP contribution in [0.5, 0.6) is 0 Å². The predicted octanol–water partition coefficient (Wildman–Crippen LogP) is -1.47.